The molecule has 0 N–H and O–H groups in total. The van der Waals surface area contributed by atoms with Crippen LogP contribution in [-0.4, -0.2) is 49.5 Å². The Bertz CT molecular complexity index is 915. The first-order chi connectivity index (χ1) is 14.4. The summed E-state index contributed by atoms with van der Waals surface area (Å²) in [7, 11) is 3.20. The standard InChI is InChI=1S/C23H26N2O5/c1-16(22(27)24(2)14-17-9-5-4-6-10-17)30-23(28)18-13-21(26)25(15-18)19-11-7-8-12-20(19)29-3/h4-12,16,18H,13-15H2,1-3H3. The first kappa shape index (κ1) is 21.4. The molecule has 7 nitrogen and oxygen atoms in total. The van der Waals surface area contributed by atoms with E-state index < -0.39 is 18.0 Å². The molecule has 0 aromatic heterocycles. The maximum absolute atomic E-state index is 12.6. The number of methoxy groups -OCH3 is 1. The normalized spacial score (nSPS) is 16.8. The number of hydrogen-bond donors (Lipinski definition) is 0. The van der Waals surface area contributed by atoms with Crippen LogP contribution in [0.5, 0.6) is 5.75 Å². The van der Waals surface area contributed by atoms with Gasteiger partial charge in [0.15, 0.2) is 6.10 Å². The summed E-state index contributed by atoms with van der Waals surface area (Å²) in [6.07, 6.45) is -0.890. The summed E-state index contributed by atoms with van der Waals surface area (Å²) < 4.78 is 10.7. The second kappa shape index (κ2) is 9.43. The van der Waals surface area contributed by atoms with Crippen LogP contribution < -0.4 is 9.64 Å². The van der Waals surface area contributed by atoms with Crippen molar-refractivity contribution in [1.29, 1.82) is 0 Å². The van der Waals surface area contributed by atoms with Gasteiger partial charge in [0.25, 0.3) is 5.91 Å². The van der Waals surface area contributed by atoms with Crippen molar-refractivity contribution in [2.45, 2.75) is 26.0 Å². The van der Waals surface area contributed by atoms with Crippen LogP contribution in [0, 0.1) is 5.92 Å². The molecule has 2 unspecified atom stereocenters. The molecule has 1 aliphatic heterocycles. The van der Waals surface area contributed by atoms with Crippen molar-refractivity contribution >= 4 is 23.5 Å². The molecule has 0 aliphatic carbocycles. The summed E-state index contributed by atoms with van der Waals surface area (Å²) in [5.41, 5.74) is 1.60. The summed E-state index contributed by atoms with van der Waals surface area (Å²) in [5, 5.41) is 0. The first-order valence-electron chi connectivity index (χ1n) is 9.83. The lowest BCUT2D eigenvalue weighted by Gasteiger charge is -2.23. The zero-order valence-corrected chi connectivity index (χ0v) is 17.4. The number of carbonyl (C=O) groups excluding carboxylic acids is 3. The van der Waals surface area contributed by atoms with Crippen LogP contribution in [0.15, 0.2) is 54.6 Å². The van der Waals surface area contributed by atoms with Gasteiger partial charge in [-0.15, -0.1) is 0 Å². The van der Waals surface area contributed by atoms with Crippen molar-refractivity contribution in [1.82, 2.24) is 4.90 Å². The molecular formula is C23H26N2O5. The third kappa shape index (κ3) is 4.79. The number of para-hydroxylation sites is 2. The number of likely N-dealkylation sites (N-methyl/N-ethyl adjacent to an activating group) is 1. The maximum atomic E-state index is 12.6. The fraction of sp³-hybridized carbons (Fsp3) is 0.348. The highest BCUT2D eigenvalue weighted by Gasteiger charge is 2.38. The Kier molecular flexibility index (Phi) is 6.72. The van der Waals surface area contributed by atoms with Gasteiger partial charge in [0.2, 0.25) is 5.91 Å². The van der Waals surface area contributed by atoms with Gasteiger partial charge in [-0.1, -0.05) is 42.5 Å². The van der Waals surface area contributed by atoms with Gasteiger partial charge in [0.1, 0.15) is 5.75 Å². The number of anilines is 1. The molecule has 1 fully saturated rings. The number of benzene rings is 2. The third-order valence-electron chi connectivity index (χ3n) is 5.11. The Morgan fingerprint density at radius 1 is 1.13 bits per heavy atom. The Morgan fingerprint density at radius 2 is 1.80 bits per heavy atom. The van der Waals surface area contributed by atoms with E-state index in [9.17, 15) is 14.4 Å². The lowest BCUT2D eigenvalue weighted by atomic mass is 10.1. The molecule has 1 heterocycles. The molecule has 7 heteroatoms. The van der Waals surface area contributed by atoms with E-state index >= 15 is 0 Å². The number of carbonyl (C=O) groups is 3. The van der Waals surface area contributed by atoms with Gasteiger partial charge in [-0.3, -0.25) is 14.4 Å². The van der Waals surface area contributed by atoms with Crippen LogP contribution in [0.25, 0.3) is 0 Å². The molecule has 0 saturated carbocycles. The van der Waals surface area contributed by atoms with Gasteiger partial charge < -0.3 is 19.3 Å². The number of esters is 1. The number of ether oxygens (including phenoxy) is 2. The largest absolute Gasteiger partial charge is 0.495 e. The fourth-order valence-corrected chi connectivity index (χ4v) is 3.52. The Morgan fingerprint density at radius 3 is 2.50 bits per heavy atom. The molecule has 2 aromatic rings. The van der Waals surface area contributed by atoms with Gasteiger partial charge in [-0.25, -0.2) is 0 Å². The highest BCUT2D eigenvalue weighted by molar-refractivity contribution is 6.00. The Labute approximate surface area is 176 Å². The van der Waals surface area contributed by atoms with E-state index in [4.69, 9.17) is 9.47 Å². The molecule has 0 bridgehead atoms. The number of rotatable bonds is 7. The van der Waals surface area contributed by atoms with E-state index in [0.717, 1.165) is 5.56 Å². The molecule has 158 valence electrons. The van der Waals surface area contributed by atoms with E-state index in [0.29, 0.717) is 18.0 Å². The minimum atomic E-state index is -0.929. The highest BCUT2D eigenvalue weighted by Crippen LogP contribution is 2.33. The molecule has 30 heavy (non-hydrogen) atoms. The van der Waals surface area contributed by atoms with E-state index in [-0.39, 0.29) is 24.8 Å². The van der Waals surface area contributed by atoms with Gasteiger partial charge in [0.05, 0.1) is 18.7 Å². The quantitative estimate of drug-likeness (QED) is 0.656. The van der Waals surface area contributed by atoms with Crippen LogP contribution in [0.2, 0.25) is 0 Å². The third-order valence-corrected chi connectivity index (χ3v) is 5.11. The zero-order chi connectivity index (χ0) is 21.7. The number of hydrogen-bond acceptors (Lipinski definition) is 5. The van der Waals surface area contributed by atoms with Crippen LogP contribution in [0.3, 0.4) is 0 Å². The van der Waals surface area contributed by atoms with Gasteiger partial charge in [-0.05, 0) is 24.6 Å². The van der Waals surface area contributed by atoms with Crippen LogP contribution in [0.1, 0.15) is 18.9 Å². The van der Waals surface area contributed by atoms with Crippen LogP contribution in [0.4, 0.5) is 5.69 Å². The molecule has 2 atom stereocenters. The summed E-state index contributed by atoms with van der Waals surface area (Å²) in [4.78, 5) is 40.7. The molecule has 1 aliphatic rings. The van der Waals surface area contributed by atoms with E-state index in [1.54, 1.807) is 32.2 Å². The van der Waals surface area contributed by atoms with Gasteiger partial charge >= 0.3 is 5.97 Å². The summed E-state index contributed by atoms with van der Waals surface area (Å²) in [5.74, 6) is -1.09. The Hall–Kier alpha value is -3.35. The smallest absolute Gasteiger partial charge is 0.312 e. The Balaban J connectivity index is 1.59. The van der Waals surface area contributed by atoms with Gasteiger partial charge in [0, 0.05) is 26.6 Å². The predicted octanol–water partition coefficient (Wildman–Crippen LogP) is 2.64. The SMILES string of the molecule is COc1ccccc1N1CC(C(=O)OC(C)C(=O)N(C)Cc2ccccc2)CC1=O. The highest BCUT2D eigenvalue weighted by atomic mass is 16.5. The van der Waals surface area contributed by atoms with E-state index in [2.05, 4.69) is 0 Å². The summed E-state index contributed by atoms with van der Waals surface area (Å²) in [6, 6.07) is 16.7. The fourth-order valence-electron chi connectivity index (χ4n) is 3.52. The van der Waals surface area contributed by atoms with Gasteiger partial charge in [-0.2, -0.15) is 0 Å². The van der Waals surface area contributed by atoms with E-state index in [1.807, 2.05) is 36.4 Å². The van der Waals surface area contributed by atoms with Crippen molar-refractivity contribution in [3.8, 4) is 5.75 Å². The second-order valence-electron chi connectivity index (χ2n) is 7.34. The number of nitrogens with zero attached hydrogens (tertiary/aromatic N) is 2. The number of amides is 2. The molecule has 1 saturated heterocycles. The summed E-state index contributed by atoms with van der Waals surface area (Å²) >= 11 is 0. The van der Waals surface area contributed by atoms with Crippen molar-refractivity contribution in [3.63, 3.8) is 0 Å². The van der Waals surface area contributed by atoms with Crippen molar-refractivity contribution in [3.05, 3.63) is 60.2 Å². The minimum Gasteiger partial charge on any atom is -0.495 e. The van der Waals surface area contributed by atoms with Crippen LogP contribution >= 0.6 is 0 Å². The maximum Gasteiger partial charge on any atom is 0.312 e. The van der Waals surface area contributed by atoms with Crippen LogP contribution in [-0.2, 0) is 25.7 Å². The monoisotopic (exact) mass is 410 g/mol. The van der Waals surface area contributed by atoms with Crippen molar-refractivity contribution in [2.75, 3.05) is 25.6 Å². The predicted molar refractivity (Wildman–Crippen MR) is 112 cm³/mol. The average Bonchev–Trinajstić information content (AvgIpc) is 3.15. The molecule has 0 spiro atoms. The topological polar surface area (TPSA) is 76.2 Å². The minimum absolute atomic E-state index is 0.0393. The second-order valence-corrected chi connectivity index (χ2v) is 7.34. The average molecular weight is 410 g/mol. The molecule has 2 amide bonds. The molecule has 0 radical (unpaired) electrons. The zero-order valence-electron chi connectivity index (χ0n) is 17.4. The van der Waals surface area contributed by atoms with E-state index in [1.165, 1.54) is 16.9 Å². The molecule has 3 rings (SSSR count). The lowest BCUT2D eigenvalue weighted by molar-refractivity contribution is -0.161. The van der Waals surface area contributed by atoms with Crippen molar-refractivity contribution in [2.24, 2.45) is 5.92 Å². The summed E-state index contributed by atoms with van der Waals surface area (Å²) in [6.45, 7) is 2.17. The molecular weight excluding hydrogens is 384 g/mol. The van der Waals surface area contributed by atoms with Crippen molar-refractivity contribution < 1.29 is 23.9 Å². The first-order valence-corrected chi connectivity index (χ1v) is 9.83. The molecule has 2 aromatic carbocycles. The lowest BCUT2D eigenvalue weighted by Crippen LogP contribution is -2.38.